The molecule has 0 bridgehead atoms. The molecule has 1 aromatic heterocycles. The molecule has 2 aromatic carbocycles. The maximum absolute atomic E-state index is 12.5. The lowest BCUT2D eigenvalue weighted by atomic mass is 10.1. The average molecular weight is 337 g/mol. The number of nitrogens with one attached hydrogen (secondary N) is 1. The van der Waals surface area contributed by atoms with Crippen LogP contribution < -0.4 is 10.1 Å². The van der Waals surface area contributed by atoms with Gasteiger partial charge in [-0.25, -0.2) is 4.98 Å². The van der Waals surface area contributed by atoms with Crippen LogP contribution in [0.25, 0.3) is 16.7 Å². The highest BCUT2D eigenvalue weighted by Crippen LogP contribution is 2.27. The molecule has 1 atom stereocenters. The molecule has 3 aromatic rings. The Morgan fingerprint density at radius 3 is 2.96 bits per heavy atom. The quantitative estimate of drug-likeness (QED) is 0.795. The molecule has 1 N–H and O–H groups in total. The van der Waals surface area contributed by atoms with Crippen LogP contribution in [0.4, 0.5) is 5.95 Å². The molecule has 1 amide bonds. The van der Waals surface area contributed by atoms with Crippen LogP contribution >= 0.6 is 0 Å². The fourth-order valence-electron chi connectivity index (χ4n) is 3.07. The van der Waals surface area contributed by atoms with Gasteiger partial charge < -0.3 is 9.47 Å². The zero-order valence-electron chi connectivity index (χ0n) is 13.9. The van der Waals surface area contributed by atoms with E-state index in [1.807, 2.05) is 53.1 Å². The van der Waals surface area contributed by atoms with E-state index in [9.17, 15) is 4.79 Å². The van der Waals surface area contributed by atoms with Gasteiger partial charge in [0.15, 0.2) is 0 Å². The third-order valence-electron chi connectivity index (χ3n) is 4.41. The van der Waals surface area contributed by atoms with Crippen molar-refractivity contribution in [2.24, 2.45) is 5.92 Å². The topological polar surface area (TPSA) is 65.4 Å². The second-order valence-corrected chi connectivity index (χ2v) is 6.01. The number of ether oxygens (including phenoxy) is 2. The van der Waals surface area contributed by atoms with Crippen LogP contribution in [-0.4, -0.2) is 35.8 Å². The van der Waals surface area contributed by atoms with Gasteiger partial charge in [0.25, 0.3) is 0 Å². The molecular weight excluding hydrogens is 318 g/mol. The Labute approximate surface area is 145 Å². The molecule has 2 heterocycles. The summed E-state index contributed by atoms with van der Waals surface area (Å²) in [4.78, 5) is 17.1. The van der Waals surface area contributed by atoms with Crippen molar-refractivity contribution in [1.82, 2.24) is 9.55 Å². The summed E-state index contributed by atoms with van der Waals surface area (Å²) in [5.41, 5.74) is 2.63. The first kappa shape index (κ1) is 15.7. The molecule has 128 valence electrons. The van der Waals surface area contributed by atoms with Gasteiger partial charge >= 0.3 is 0 Å². The number of carbonyl (C=O) groups is 1. The predicted molar refractivity (Wildman–Crippen MR) is 95.2 cm³/mol. The van der Waals surface area contributed by atoms with Gasteiger partial charge in [-0.3, -0.25) is 14.7 Å². The first-order chi connectivity index (χ1) is 12.3. The maximum Gasteiger partial charge on any atom is 0.232 e. The van der Waals surface area contributed by atoms with Crippen LogP contribution in [0.2, 0.25) is 0 Å². The van der Waals surface area contributed by atoms with Crippen LogP contribution in [0.3, 0.4) is 0 Å². The Kier molecular flexibility index (Phi) is 4.11. The second kappa shape index (κ2) is 6.57. The maximum atomic E-state index is 12.5. The fourth-order valence-corrected chi connectivity index (χ4v) is 3.07. The Balaban J connectivity index is 1.79. The van der Waals surface area contributed by atoms with Crippen LogP contribution in [0, 0.1) is 5.92 Å². The number of hydrogen-bond acceptors (Lipinski definition) is 4. The molecule has 1 saturated heterocycles. The number of imidazole rings is 1. The van der Waals surface area contributed by atoms with E-state index >= 15 is 0 Å². The van der Waals surface area contributed by atoms with Crippen molar-refractivity contribution < 1.29 is 14.3 Å². The van der Waals surface area contributed by atoms with Gasteiger partial charge in [-0.2, -0.15) is 0 Å². The standard InChI is InChI=1S/C19H19N3O3/c1-24-15-6-4-5-14(11-15)22-17-8-3-2-7-16(17)20-19(22)21-18(23)13-9-10-25-12-13/h2-8,11,13H,9-10,12H2,1H3,(H,20,21,23)/t13-/m0/s1. The summed E-state index contributed by atoms with van der Waals surface area (Å²) in [6.45, 7) is 1.09. The monoisotopic (exact) mass is 337 g/mol. The normalized spacial score (nSPS) is 16.9. The number of carbonyl (C=O) groups excluding carboxylic acids is 1. The summed E-state index contributed by atoms with van der Waals surface area (Å²) in [7, 11) is 1.63. The van der Waals surface area contributed by atoms with Crippen LogP contribution in [-0.2, 0) is 9.53 Å². The van der Waals surface area contributed by atoms with Crippen LogP contribution in [0.5, 0.6) is 5.75 Å². The van der Waals surface area contributed by atoms with Gasteiger partial charge in [-0.05, 0) is 30.7 Å². The Morgan fingerprint density at radius 2 is 2.16 bits per heavy atom. The smallest absolute Gasteiger partial charge is 0.232 e. The average Bonchev–Trinajstić information content (AvgIpc) is 3.29. The molecule has 0 unspecified atom stereocenters. The summed E-state index contributed by atoms with van der Waals surface area (Å²) in [6.07, 6.45) is 0.741. The van der Waals surface area contributed by atoms with Gasteiger partial charge in [0.2, 0.25) is 11.9 Å². The molecule has 1 fully saturated rings. The molecule has 0 radical (unpaired) electrons. The van der Waals surface area contributed by atoms with E-state index in [2.05, 4.69) is 10.3 Å². The zero-order valence-corrected chi connectivity index (χ0v) is 13.9. The van der Waals surface area contributed by atoms with Gasteiger partial charge in [0.1, 0.15) is 5.75 Å². The van der Waals surface area contributed by atoms with Crippen LogP contribution in [0.15, 0.2) is 48.5 Å². The van der Waals surface area contributed by atoms with Crippen molar-refractivity contribution in [2.45, 2.75) is 6.42 Å². The Morgan fingerprint density at radius 1 is 1.28 bits per heavy atom. The van der Waals surface area contributed by atoms with E-state index in [-0.39, 0.29) is 11.8 Å². The number of amides is 1. The largest absolute Gasteiger partial charge is 0.497 e. The number of benzene rings is 2. The molecule has 1 aliphatic heterocycles. The van der Waals surface area contributed by atoms with E-state index in [1.54, 1.807) is 7.11 Å². The van der Waals surface area contributed by atoms with Crippen molar-refractivity contribution in [1.29, 1.82) is 0 Å². The predicted octanol–water partition coefficient (Wildman–Crippen LogP) is 3.01. The van der Waals surface area contributed by atoms with Crippen molar-refractivity contribution in [3.8, 4) is 11.4 Å². The van der Waals surface area contributed by atoms with E-state index in [0.717, 1.165) is 28.9 Å². The number of anilines is 1. The van der Waals surface area contributed by atoms with E-state index in [4.69, 9.17) is 9.47 Å². The highest BCUT2D eigenvalue weighted by Gasteiger charge is 2.25. The molecule has 25 heavy (non-hydrogen) atoms. The Hall–Kier alpha value is -2.86. The highest BCUT2D eigenvalue weighted by molar-refractivity contribution is 5.94. The summed E-state index contributed by atoms with van der Waals surface area (Å²) < 4.78 is 12.6. The molecular formula is C19H19N3O3. The number of methoxy groups -OCH3 is 1. The zero-order chi connectivity index (χ0) is 17.2. The number of nitrogens with zero attached hydrogens (tertiary/aromatic N) is 2. The molecule has 4 rings (SSSR count). The lowest BCUT2D eigenvalue weighted by Gasteiger charge is -2.13. The molecule has 6 heteroatoms. The summed E-state index contributed by atoms with van der Waals surface area (Å²) in [5.74, 6) is 1.07. The van der Waals surface area contributed by atoms with Crippen molar-refractivity contribution in [3.05, 3.63) is 48.5 Å². The highest BCUT2D eigenvalue weighted by atomic mass is 16.5. The number of rotatable bonds is 4. The minimum Gasteiger partial charge on any atom is -0.497 e. The first-order valence-electron chi connectivity index (χ1n) is 8.27. The summed E-state index contributed by atoms with van der Waals surface area (Å²) >= 11 is 0. The minimum atomic E-state index is -0.126. The first-order valence-corrected chi connectivity index (χ1v) is 8.27. The third kappa shape index (κ3) is 2.96. The number of fused-ring (bicyclic) bond motifs is 1. The van der Waals surface area contributed by atoms with E-state index in [0.29, 0.717) is 19.2 Å². The summed E-state index contributed by atoms with van der Waals surface area (Å²) in [6, 6.07) is 15.5. The molecule has 0 spiro atoms. The number of aromatic nitrogens is 2. The van der Waals surface area contributed by atoms with Gasteiger partial charge in [-0.15, -0.1) is 0 Å². The van der Waals surface area contributed by atoms with E-state index < -0.39 is 0 Å². The van der Waals surface area contributed by atoms with Crippen molar-refractivity contribution in [2.75, 3.05) is 25.6 Å². The van der Waals surface area contributed by atoms with Crippen molar-refractivity contribution >= 4 is 22.9 Å². The lowest BCUT2D eigenvalue weighted by molar-refractivity contribution is -0.119. The van der Waals surface area contributed by atoms with E-state index in [1.165, 1.54) is 0 Å². The summed E-state index contributed by atoms with van der Waals surface area (Å²) in [5, 5.41) is 2.97. The van der Waals surface area contributed by atoms with Gasteiger partial charge in [-0.1, -0.05) is 18.2 Å². The lowest BCUT2D eigenvalue weighted by Crippen LogP contribution is -2.24. The van der Waals surface area contributed by atoms with Crippen molar-refractivity contribution in [3.63, 3.8) is 0 Å². The van der Waals surface area contributed by atoms with Gasteiger partial charge in [0.05, 0.1) is 36.4 Å². The molecule has 6 nitrogen and oxygen atoms in total. The Bertz CT molecular complexity index is 913. The minimum absolute atomic E-state index is 0.0584. The molecule has 0 aliphatic carbocycles. The number of hydrogen-bond donors (Lipinski definition) is 1. The second-order valence-electron chi connectivity index (χ2n) is 6.01. The third-order valence-corrected chi connectivity index (χ3v) is 4.41. The molecule has 1 aliphatic rings. The SMILES string of the molecule is COc1cccc(-n2c(NC(=O)[C@H]3CCOC3)nc3ccccc32)c1. The molecule has 0 saturated carbocycles. The fraction of sp³-hybridized carbons (Fsp3) is 0.263. The van der Waals surface area contributed by atoms with Crippen LogP contribution in [0.1, 0.15) is 6.42 Å². The number of para-hydroxylation sites is 2. The van der Waals surface area contributed by atoms with Gasteiger partial charge in [0, 0.05) is 12.7 Å².